The van der Waals surface area contributed by atoms with E-state index in [9.17, 15) is 19.5 Å². The summed E-state index contributed by atoms with van der Waals surface area (Å²) in [6.45, 7) is 8.97. The van der Waals surface area contributed by atoms with Crippen molar-refractivity contribution < 1.29 is 24.2 Å². The molecule has 0 fully saturated rings. The molecule has 7 nitrogen and oxygen atoms in total. The lowest BCUT2D eigenvalue weighted by atomic mass is 9.93. The van der Waals surface area contributed by atoms with Crippen molar-refractivity contribution in [2.24, 2.45) is 5.92 Å². The van der Waals surface area contributed by atoms with E-state index in [1.54, 1.807) is 34.6 Å². The van der Waals surface area contributed by atoms with Crippen LogP contribution in [0.3, 0.4) is 0 Å². The first-order valence-corrected chi connectivity index (χ1v) is 9.09. The fraction of sp³-hybridized carbons (Fsp3) is 0.550. The van der Waals surface area contributed by atoms with E-state index in [4.69, 9.17) is 4.74 Å². The van der Waals surface area contributed by atoms with Crippen LogP contribution in [0.2, 0.25) is 0 Å². The first kappa shape index (κ1) is 20.7. The SMILES string of the molecule is CC(C)C(NC(=O)C1Cc2ccccc2CN1C(=O)OC(C)(C)C)C(=O)O. The highest BCUT2D eigenvalue weighted by Gasteiger charge is 2.38. The quantitative estimate of drug-likeness (QED) is 0.842. The number of nitrogens with one attached hydrogen (secondary N) is 1. The number of aliphatic carboxylic acids is 1. The second-order valence-corrected chi connectivity index (χ2v) is 8.17. The number of fused-ring (bicyclic) bond motifs is 1. The van der Waals surface area contributed by atoms with Gasteiger partial charge in [0, 0.05) is 6.42 Å². The second kappa shape index (κ2) is 7.98. The van der Waals surface area contributed by atoms with E-state index in [-0.39, 0.29) is 12.5 Å². The van der Waals surface area contributed by atoms with Crippen LogP contribution in [0.1, 0.15) is 45.7 Å². The van der Waals surface area contributed by atoms with Crippen molar-refractivity contribution in [3.8, 4) is 0 Å². The maximum absolute atomic E-state index is 12.9. The minimum Gasteiger partial charge on any atom is -0.480 e. The third-order valence-electron chi connectivity index (χ3n) is 4.41. The molecule has 2 atom stereocenters. The van der Waals surface area contributed by atoms with Crippen LogP contribution in [0.25, 0.3) is 0 Å². The summed E-state index contributed by atoms with van der Waals surface area (Å²) in [5, 5.41) is 11.9. The predicted molar refractivity (Wildman–Crippen MR) is 100 cm³/mol. The summed E-state index contributed by atoms with van der Waals surface area (Å²) in [5.74, 6) is -1.87. The number of amides is 2. The monoisotopic (exact) mass is 376 g/mol. The molecule has 0 bridgehead atoms. The standard InChI is InChI=1S/C20H28N2O5/c1-12(2)16(18(24)25)21-17(23)15-10-13-8-6-7-9-14(13)11-22(15)19(26)27-20(3,4)5/h6-9,12,15-16H,10-11H2,1-5H3,(H,21,23)(H,24,25). The van der Waals surface area contributed by atoms with Crippen molar-refractivity contribution in [1.82, 2.24) is 10.2 Å². The van der Waals surface area contributed by atoms with Gasteiger partial charge in [-0.2, -0.15) is 0 Å². The van der Waals surface area contributed by atoms with Gasteiger partial charge in [0.1, 0.15) is 17.7 Å². The molecule has 27 heavy (non-hydrogen) atoms. The van der Waals surface area contributed by atoms with Crippen molar-refractivity contribution in [1.29, 1.82) is 0 Å². The summed E-state index contributed by atoms with van der Waals surface area (Å²) >= 11 is 0. The Balaban J connectivity index is 2.29. The fourth-order valence-corrected chi connectivity index (χ4v) is 3.03. The Morgan fingerprint density at radius 2 is 1.78 bits per heavy atom. The average Bonchev–Trinajstić information content (AvgIpc) is 2.56. The third-order valence-corrected chi connectivity index (χ3v) is 4.41. The van der Waals surface area contributed by atoms with E-state index in [0.29, 0.717) is 6.42 Å². The van der Waals surface area contributed by atoms with Crippen molar-refractivity contribution in [3.05, 3.63) is 35.4 Å². The van der Waals surface area contributed by atoms with Crippen LogP contribution >= 0.6 is 0 Å². The number of carboxylic acids is 1. The van der Waals surface area contributed by atoms with Crippen LogP contribution in [0.5, 0.6) is 0 Å². The van der Waals surface area contributed by atoms with Crippen LogP contribution < -0.4 is 5.32 Å². The largest absolute Gasteiger partial charge is 0.480 e. The molecule has 0 saturated carbocycles. The lowest BCUT2D eigenvalue weighted by molar-refractivity contribution is -0.144. The Morgan fingerprint density at radius 1 is 1.19 bits per heavy atom. The minimum atomic E-state index is -1.10. The lowest BCUT2D eigenvalue weighted by Crippen LogP contribution is -2.57. The van der Waals surface area contributed by atoms with Crippen molar-refractivity contribution in [2.75, 3.05) is 0 Å². The zero-order chi connectivity index (χ0) is 20.4. The van der Waals surface area contributed by atoms with Crippen molar-refractivity contribution >= 4 is 18.0 Å². The van der Waals surface area contributed by atoms with E-state index in [1.807, 2.05) is 24.3 Å². The van der Waals surface area contributed by atoms with Gasteiger partial charge in [-0.25, -0.2) is 9.59 Å². The molecule has 1 aliphatic heterocycles. The molecule has 1 aliphatic rings. The average molecular weight is 376 g/mol. The maximum atomic E-state index is 12.9. The van der Waals surface area contributed by atoms with E-state index >= 15 is 0 Å². The summed E-state index contributed by atoms with van der Waals surface area (Å²) in [6, 6.07) is 5.75. The molecule has 1 heterocycles. The van der Waals surface area contributed by atoms with Gasteiger partial charge in [0.25, 0.3) is 0 Å². The molecule has 2 unspecified atom stereocenters. The van der Waals surface area contributed by atoms with Gasteiger partial charge in [-0.1, -0.05) is 38.1 Å². The Hall–Kier alpha value is -2.57. The molecule has 0 aromatic heterocycles. The van der Waals surface area contributed by atoms with E-state index in [2.05, 4.69) is 5.32 Å². The van der Waals surface area contributed by atoms with Gasteiger partial charge >= 0.3 is 12.1 Å². The number of nitrogens with zero attached hydrogens (tertiary/aromatic N) is 1. The number of rotatable bonds is 4. The number of hydrogen-bond donors (Lipinski definition) is 2. The Labute approximate surface area is 159 Å². The minimum absolute atomic E-state index is 0.239. The topological polar surface area (TPSA) is 95.9 Å². The lowest BCUT2D eigenvalue weighted by Gasteiger charge is -2.37. The number of carboxylic acid groups (broad SMARTS) is 1. The summed E-state index contributed by atoms with van der Waals surface area (Å²) in [4.78, 5) is 38.4. The summed E-state index contributed by atoms with van der Waals surface area (Å²) in [6.07, 6.45) is -0.278. The van der Waals surface area contributed by atoms with Crippen LogP contribution in [0.4, 0.5) is 4.79 Å². The van der Waals surface area contributed by atoms with Gasteiger partial charge in [-0.15, -0.1) is 0 Å². The Bertz CT molecular complexity index is 723. The smallest absolute Gasteiger partial charge is 0.411 e. The third kappa shape index (κ3) is 5.21. The number of benzene rings is 1. The summed E-state index contributed by atoms with van der Waals surface area (Å²) in [5.41, 5.74) is 1.22. The van der Waals surface area contributed by atoms with Crippen LogP contribution in [-0.4, -0.2) is 45.7 Å². The molecule has 148 valence electrons. The number of carbonyl (C=O) groups is 3. The van der Waals surface area contributed by atoms with Crippen LogP contribution in [-0.2, 0) is 27.3 Å². The van der Waals surface area contributed by atoms with Gasteiger partial charge in [0.05, 0.1) is 6.54 Å². The van der Waals surface area contributed by atoms with Crippen molar-refractivity contribution in [3.63, 3.8) is 0 Å². The number of hydrogen-bond acceptors (Lipinski definition) is 4. The fourth-order valence-electron chi connectivity index (χ4n) is 3.03. The maximum Gasteiger partial charge on any atom is 0.411 e. The highest BCUT2D eigenvalue weighted by Crippen LogP contribution is 2.25. The molecule has 0 aliphatic carbocycles. The molecular weight excluding hydrogens is 348 g/mol. The molecule has 2 N–H and O–H groups in total. The molecular formula is C20H28N2O5. The summed E-state index contributed by atoms with van der Waals surface area (Å²) in [7, 11) is 0. The Kier molecular flexibility index (Phi) is 6.13. The van der Waals surface area contributed by atoms with Gasteiger partial charge in [0.15, 0.2) is 0 Å². The van der Waals surface area contributed by atoms with Crippen LogP contribution in [0.15, 0.2) is 24.3 Å². The van der Waals surface area contributed by atoms with Gasteiger partial charge < -0.3 is 15.2 Å². The highest BCUT2D eigenvalue weighted by atomic mass is 16.6. The van der Waals surface area contributed by atoms with Gasteiger partial charge in [0.2, 0.25) is 5.91 Å². The number of carbonyl (C=O) groups excluding carboxylic acids is 2. The predicted octanol–water partition coefficient (Wildman–Crippen LogP) is 2.57. The Morgan fingerprint density at radius 3 is 2.30 bits per heavy atom. The second-order valence-electron chi connectivity index (χ2n) is 8.17. The van der Waals surface area contributed by atoms with Crippen LogP contribution in [0, 0.1) is 5.92 Å². The first-order valence-electron chi connectivity index (χ1n) is 9.09. The van der Waals surface area contributed by atoms with Gasteiger partial charge in [-0.05, 0) is 37.8 Å². The zero-order valence-corrected chi connectivity index (χ0v) is 16.5. The van der Waals surface area contributed by atoms with E-state index < -0.39 is 35.7 Å². The summed E-state index contributed by atoms with van der Waals surface area (Å²) < 4.78 is 5.46. The molecule has 7 heteroatoms. The zero-order valence-electron chi connectivity index (χ0n) is 16.5. The normalized spacial score (nSPS) is 17.9. The first-order chi connectivity index (χ1) is 12.5. The molecule has 1 aromatic rings. The molecule has 2 amide bonds. The van der Waals surface area contributed by atoms with Crippen molar-refractivity contribution in [2.45, 2.75) is 65.3 Å². The molecule has 1 aromatic carbocycles. The van der Waals surface area contributed by atoms with E-state index in [1.165, 1.54) is 4.90 Å². The molecule has 0 saturated heterocycles. The number of ether oxygens (including phenoxy) is 1. The van der Waals surface area contributed by atoms with E-state index in [0.717, 1.165) is 11.1 Å². The molecule has 0 radical (unpaired) electrons. The van der Waals surface area contributed by atoms with Gasteiger partial charge in [-0.3, -0.25) is 9.69 Å². The highest BCUT2D eigenvalue weighted by molar-refractivity contribution is 5.90. The molecule has 0 spiro atoms. The molecule has 2 rings (SSSR count).